The molecule has 22 heavy (non-hydrogen) atoms. The lowest BCUT2D eigenvalue weighted by atomic mass is 10.0. The largest absolute Gasteiger partial charge is 0.492 e. The maximum Gasteiger partial charge on any atom is 0.122 e. The predicted octanol–water partition coefficient (Wildman–Crippen LogP) is 3.57. The summed E-state index contributed by atoms with van der Waals surface area (Å²) in [4.78, 5) is 0. The molecule has 2 aromatic carbocycles. The Hall–Kier alpha value is -2.00. The van der Waals surface area contributed by atoms with E-state index in [4.69, 9.17) is 9.47 Å². The lowest BCUT2D eigenvalue weighted by Crippen LogP contribution is -2.38. The van der Waals surface area contributed by atoms with E-state index in [-0.39, 0.29) is 6.10 Å². The van der Waals surface area contributed by atoms with Crippen LogP contribution in [0.3, 0.4) is 0 Å². The minimum absolute atomic E-state index is 0.212. The lowest BCUT2D eigenvalue weighted by Gasteiger charge is -2.26. The van der Waals surface area contributed by atoms with Gasteiger partial charge in [0.2, 0.25) is 0 Å². The zero-order chi connectivity index (χ0) is 15.4. The molecule has 1 aliphatic rings. The first-order chi connectivity index (χ1) is 10.7. The second kappa shape index (κ2) is 6.84. The zero-order valence-electron chi connectivity index (χ0n) is 13.2. The van der Waals surface area contributed by atoms with Crippen molar-refractivity contribution in [2.75, 3.05) is 6.61 Å². The van der Waals surface area contributed by atoms with Gasteiger partial charge in [-0.05, 0) is 49.6 Å². The fourth-order valence-electron chi connectivity index (χ4n) is 2.68. The van der Waals surface area contributed by atoms with E-state index in [1.54, 1.807) is 0 Å². The Morgan fingerprint density at radius 3 is 2.68 bits per heavy atom. The number of hydrogen-bond donors (Lipinski definition) is 1. The monoisotopic (exact) mass is 297 g/mol. The van der Waals surface area contributed by atoms with E-state index >= 15 is 0 Å². The number of ether oxygens (including phenoxy) is 2. The van der Waals surface area contributed by atoms with Crippen molar-refractivity contribution in [1.29, 1.82) is 0 Å². The van der Waals surface area contributed by atoms with E-state index < -0.39 is 0 Å². The first kappa shape index (κ1) is 14.9. The number of hydrogen-bond acceptors (Lipinski definition) is 3. The van der Waals surface area contributed by atoms with Crippen LogP contribution in [0.2, 0.25) is 0 Å². The minimum Gasteiger partial charge on any atom is -0.492 e. The van der Waals surface area contributed by atoms with E-state index in [1.165, 1.54) is 11.1 Å². The molecule has 2 aromatic rings. The Morgan fingerprint density at radius 2 is 1.91 bits per heavy atom. The van der Waals surface area contributed by atoms with Crippen LogP contribution in [0.25, 0.3) is 0 Å². The summed E-state index contributed by atoms with van der Waals surface area (Å²) in [5.74, 6) is 1.95. The van der Waals surface area contributed by atoms with E-state index in [0.29, 0.717) is 6.04 Å². The molecular formula is C19H23NO2. The van der Waals surface area contributed by atoms with Gasteiger partial charge in [0.25, 0.3) is 0 Å². The van der Waals surface area contributed by atoms with Gasteiger partial charge in [0.1, 0.15) is 18.1 Å². The van der Waals surface area contributed by atoms with Crippen molar-refractivity contribution in [3.8, 4) is 11.5 Å². The fraction of sp³-hybridized carbons (Fsp3) is 0.368. The topological polar surface area (TPSA) is 30.5 Å². The number of rotatable bonds is 5. The molecule has 0 saturated carbocycles. The van der Waals surface area contributed by atoms with Crippen molar-refractivity contribution >= 4 is 0 Å². The van der Waals surface area contributed by atoms with Crippen molar-refractivity contribution in [1.82, 2.24) is 5.32 Å². The molecule has 1 heterocycles. The van der Waals surface area contributed by atoms with Crippen LogP contribution in [-0.4, -0.2) is 18.8 Å². The SMILES string of the molecule is CC(C)Oc1ccc(CNC2COc3ccccc3C2)cc1. The Balaban J connectivity index is 1.53. The smallest absolute Gasteiger partial charge is 0.122 e. The second-order valence-electron chi connectivity index (χ2n) is 6.01. The maximum absolute atomic E-state index is 5.80. The van der Waals surface area contributed by atoms with Crippen LogP contribution < -0.4 is 14.8 Å². The van der Waals surface area contributed by atoms with E-state index in [0.717, 1.165) is 31.1 Å². The summed E-state index contributed by atoms with van der Waals surface area (Å²) in [7, 11) is 0. The summed E-state index contributed by atoms with van der Waals surface area (Å²) < 4.78 is 11.5. The van der Waals surface area contributed by atoms with Gasteiger partial charge in [0, 0.05) is 12.6 Å². The van der Waals surface area contributed by atoms with Gasteiger partial charge in [-0.25, -0.2) is 0 Å². The number of benzene rings is 2. The van der Waals surface area contributed by atoms with Crippen molar-refractivity contribution in [2.45, 2.75) is 39.0 Å². The Labute approximate surface area is 132 Å². The summed E-state index contributed by atoms with van der Waals surface area (Å²) >= 11 is 0. The van der Waals surface area contributed by atoms with E-state index in [2.05, 4.69) is 29.6 Å². The molecule has 3 heteroatoms. The van der Waals surface area contributed by atoms with Gasteiger partial charge in [0.05, 0.1) is 6.10 Å². The molecule has 3 rings (SSSR count). The molecule has 116 valence electrons. The van der Waals surface area contributed by atoms with Gasteiger partial charge in [-0.15, -0.1) is 0 Å². The maximum atomic E-state index is 5.80. The summed E-state index contributed by atoms with van der Waals surface area (Å²) in [6.45, 7) is 5.65. The molecule has 0 radical (unpaired) electrons. The molecule has 0 bridgehead atoms. The van der Waals surface area contributed by atoms with E-state index in [1.807, 2.05) is 38.1 Å². The van der Waals surface area contributed by atoms with Gasteiger partial charge >= 0.3 is 0 Å². The third-order valence-corrected chi connectivity index (χ3v) is 3.77. The molecule has 1 atom stereocenters. The average molecular weight is 297 g/mol. The van der Waals surface area contributed by atoms with E-state index in [9.17, 15) is 0 Å². The third-order valence-electron chi connectivity index (χ3n) is 3.77. The summed E-state index contributed by atoms with van der Waals surface area (Å²) in [6.07, 6.45) is 1.23. The molecule has 0 spiro atoms. The summed E-state index contributed by atoms with van der Waals surface area (Å²) in [6, 6.07) is 16.9. The van der Waals surface area contributed by atoms with Crippen molar-refractivity contribution in [3.63, 3.8) is 0 Å². The molecule has 3 nitrogen and oxygen atoms in total. The lowest BCUT2D eigenvalue weighted by molar-refractivity contribution is 0.237. The quantitative estimate of drug-likeness (QED) is 0.915. The Bertz CT molecular complexity index is 607. The molecule has 0 aliphatic carbocycles. The molecule has 0 saturated heterocycles. The van der Waals surface area contributed by atoms with Gasteiger partial charge in [-0.3, -0.25) is 0 Å². The number of nitrogens with one attached hydrogen (secondary N) is 1. The van der Waals surface area contributed by atoms with Gasteiger partial charge in [0.15, 0.2) is 0 Å². The van der Waals surface area contributed by atoms with Crippen molar-refractivity contribution in [3.05, 3.63) is 59.7 Å². The second-order valence-corrected chi connectivity index (χ2v) is 6.01. The van der Waals surface area contributed by atoms with Crippen molar-refractivity contribution < 1.29 is 9.47 Å². The number of para-hydroxylation sites is 1. The highest BCUT2D eigenvalue weighted by atomic mass is 16.5. The summed E-state index contributed by atoms with van der Waals surface area (Å²) in [5.41, 5.74) is 2.54. The summed E-state index contributed by atoms with van der Waals surface area (Å²) in [5, 5.41) is 3.57. The molecule has 1 aliphatic heterocycles. The fourth-order valence-corrected chi connectivity index (χ4v) is 2.68. The van der Waals surface area contributed by atoms with Gasteiger partial charge in [-0.2, -0.15) is 0 Å². The van der Waals surface area contributed by atoms with Crippen LogP contribution >= 0.6 is 0 Å². The van der Waals surface area contributed by atoms with Crippen LogP contribution in [0.5, 0.6) is 11.5 Å². The molecular weight excluding hydrogens is 274 g/mol. The highest BCUT2D eigenvalue weighted by Gasteiger charge is 2.18. The normalized spacial score (nSPS) is 17.0. The Morgan fingerprint density at radius 1 is 1.14 bits per heavy atom. The van der Waals surface area contributed by atoms with Crippen LogP contribution in [-0.2, 0) is 13.0 Å². The predicted molar refractivity (Wildman–Crippen MR) is 88.5 cm³/mol. The highest BCUT2D eigenvalue weighted by molar-refractivity contribution is 5.35. The molecule has 0 amide bonds. The first-order valence-corrected chi connectivity index (χ1v) is 7.90. The molecule has 1 unspecified atom stereocenters. The van der Waals surface area contributed by atoms with Crippen LogP contribution in [0, 0.1) is 0 Å². The van der Waals surface area contributed by atoms with Gasteiger partial charge < -0.3 is 14.8 Å². The minimum atomic E-state index is 0.212. The number of fused-ring (bicyclic) bond motifs is 1. The van der Waals surface area contributed by atoms with Crippen LogP contribution in [0.4, 0.5) is 0 Å². The molecule has 0 aromatic heterocycles. The zero-order valence-corrected chi connectivity index (χ0v) is 13.2. The standard InChI is InChI=1S/C19H23NO2/c1-14(2)22-18-9-7-15(8-10-18)12-20-17-11-16-5-3-4-6-19(16)21-13-17/h3-10,14,17,20H,11-13H2,1-2H3. The van der Waals surface area contributed by atoms with Crippen molar-refractivity contribution in [2.24, 2.45) is 0 Å². The highest BCUT2D eigenvalue weighted by Crippen LogP contribution is 2.24. The van der Waals surface area contributed by atoms with Crippen LogP contribution in [0.15, 0.2) is 48.5 Å². The molecule has 0 fully saturated rings. The first-order valence-electron chi connectivity index (χ1n) is 7.90. The van der Waals surface area contributed by atoms with Gasteiger partial charge in [-0.1, -0.05) is 30.3 Å². The average Bonchev–Trinajstić information content (AvgIpc) is 2.53. The van der Waals surface area contributed by atoms with Crippen LogP contribution in [0.1, 0.15) is 25.0 Å². The Kier molecular flexibility index (Phi) is 4.64. The third kappa shape index (κ3) is 3.80. The molecule has 1 N–H and O–H groups in total.